The van der Waals surface area contributed by atoms with E-state index in [0.29, 0.717) is 16.9 Å². The molecule has 1 N–H and O–H groups in total. The molecule has 0 aromatic heterocycles. The number of hydrogen-bond donors (Lipinski definition) is 1. The molecule has 1 atom stereocenters. The fourth-order valence-corrected chi connectivity index (χ4v) is 4.12. The molecule has 1 unspecified atom stereocenters. The monoisotopic (exact) mass is 509 g/mol. The van der Waals surface area contributed by atoms with E-state index in [9.17, 15) is 27.9 Å². The largest absolute Gasteiger partial charge is 0.503 e. The van der Waals surface area contributed by atoms with E-state index in [2.05, 4.69) is 0 Å². The minimum atomic E-state index is -4.66. The van der Waals surface area contributed by atoms with E-state index in [1.165, 1.54) is 38.5 Å². The molecule has 0 saturated heterocycles. The van der Waals surface area contributed by atoms with Crippen molar-refractivity contribution in [2.45, 2.75) is 12.2 Å². The summed E-state index contributed by atoms with van der Waals surface area (Å²) in [5, 5.41) is 10.8. The average molecular weight is 509 g/mol. The van der Waals surface area contributed by atoms with Crippen LogP contribution < -0.4 is 14.4 Å². The molecule has 0 saturated carbocycles. The lowest BCUT2D eigenvalue weighted by atomic mass is 9.94. The lowest BCUT2D eigenvalue weighted by Gasteiger charge is -2.27. The first-order valence-corrected chi connectivity index (χ1v) is 11.1. The van der Waals surface area contributed by atoms with Gasteiger partial charge in [0.2, 0.25) is 0 Å². The van der Waals surface area contributed by atoms with Crippen LogP contribution >= 0.6 is 0 Å². The third-order valence-electron chi connectivity index (χ3n) is 5.88. The number of anilines is 1. The zero-order chi connectivity index (χ0) is 26.7. The van der Waals surface area contributed by atoms with Crippen LogP contribution in [0.15, 0.2) is 90.2 Å². The van der Waals surface area contributed by atoms with E-state index in [4.69, 9.17) is 9.47 Å². The van der Waals surface area contributed by atoms with Gasteiger partial charge in [-0.3, -0.25) is 14.5 Å². The fourth-order valence-electron chi connectivity index (χ4n) is 4.12. The molecule has 1 aliphatic heterocycles. The Morgan fingerprint density at radius 1 is 0.946 bits per heavy atom. The van der Waals surface area contributed by atoms with Crippen LogP contribution in [0.5, 0.6) is 11.5 Å². The maximum Gasteiger partial charge on any atom is 0.416 e. The van der Waals surface area contributed by atoms with Crippen molar-refractivity contribution in [2.75, 3.05) is 19.1 Å². The second kappa shape index (κ2) is 10.2. The summed E-state index contributed by atoms with van der Waals surface area (Å²) in [6.45, 7) is 0. The highest BCUT2D eigenvalue weighted by molar-refractivity contribution is 6.19. The van der Waals surface area contributed by atoms with E-state index in [1.807, 2.05) is 6.07 Å². The zero-order valence-corrected chi connectivity index (χ0v) is 19.8. The Hall–Kier alpha value is -4.53. The van der Waals surface area contributed by atoms with Crippen molar-refractivity contribution in [2.24, 2.45) is 0 Å². The number of carbonyl (C=O) groups excluding carboxylic acids is 2. The number of halogens is 3. The minimum absolute atomic E-state index is 0.138. The molecule has 9 heteroatoms. The molecule has 3 aromatic carbocycles. The number of aliphatic hydroxyl groups is 1. The van der Waals surface area contributed by atoms with Gasteiger partial charge in [0, 0.05) is 5.69 Å². The summed E-state index contributed by atoms with van der Waals surface area (Å²) in [5.41, 5.74) is -0.364. The van der Waals surface area contributed by atoms with Gasteiger partial charge in [0.05, 0.1) is 31.4 Å². The van der Waals surface area contributed by atoms with Gasteiger partial charge in [-0.05, 0) is 47.5 Å². The lowest BCUT2D eigenvalue weighted by molar-refractivity contribution is -0.137. The predicted octanol–water partition coefficient (Wildman–Crippen LogP) is 5.91. The molecule has 0 radical (unpaired) electrons. The van der Waals surface area contributed by atoms with Crippen molar-refractivity contribution in [1.29, 1.82) is 0 Å². The van der Waals surface area contributed by atoms with E-state index >= 15 is 0 Å². The van der Waals surface area contributed by atoms with Crippen LogP contribution in [0.25, 0.3) is 6.08 Å². The Labute approximate surface area is 210 Å². The summed E-state index contributed by atoms with van der Waals surface area (Å²) >= 11 is 0. The van der Waals surface area contributed by atoms with Crippen LogP contribution in [-0.4, -0.2) is 31.0 Å². The zero-order valence-electron chi connectivity index (χ0n) is 19.8. The van der Waals surface area contributed by atoms with Crippen LogP contribution in [0.3, 0.4) is 0 Å². The SMILES string of the molecule is COc1ccc(C2C(C(=O)C=Cc3ccccc3)=C(O)C(=O)N2c2cccc(C(F)(F)F)c2)cc1OC. The molecular weight excluding hydrogens is 487 g/mol. The number of nitrogens with zero attached hydrogens (tertiary/aromatic N) is 1. The molecule has 0 aliphatic carbocycles. The molecule has 0 fully saturated rings. The number of allylic oxidation sites excluding steroid dienone is 1. The molecule has 190 valence electrons. The number of ketones is 1. The normalized spacial score (nSPS) is 16.0. The summed E-state index contributed by atoms with van der Waals surface area (Å²) in [6, 6.07) is 16.4. The summed E-state index contributed by atoms with van der Waals surface area (Å²) < 4.78 is 50.9. The first-order valence-electron chi connectivity index (χ1n) is 11.1. The molecule has 0 bridgehead atoms. The van der Waals surface area contributed by atoms with E-state index in [0.717, 1.165) is 23.1 Å². The van der Waals surface area contributed by atoms with Crippen LogP contribution in [0.1, 0.15) is 22.7 Å². The van der Waals surface area contributed by atoms with Gasteiger partial charge in [0.1, 0.15) is 0 Å². The molecule has 1 heterocycles. The summed E-state index contributed by atoms with van der Waals surface area (Å²) in [5.74, 6) is -1.89. The Morgan fingerprint density at radius 3 is 2.30 bits per heavy atom. The minimum Gasteiger partial charge on any atom is -0.503 e. The number of benzene rings is 3. The van der Waals surface area contributed by atoms with Crippen LogP contribution in [-0.2, 0) is 15.8 Å². The third-order valence-corrected chi connectivity index (χ3v) is 5.88. The quantitative estimate of drug-likeness (QED) is 0.401. The highest BCUT2D eigenvalue weighted by Crippen LogP contribution is 2.44. The number of rotatable bonds is 7. The molecule has 6 nitrogen and oxygen atoms in total. The number of aliphatic hydroxyl groups excluding tert-OH is 1. The van der Waals surface area contributed by atoms with Crippen LogP contribution in [0, 0.1) is 0 Å². The number of alkyl halides is 3. The molecule has 1 aliphatic rings. The Kier molecular flexibility index (Phi) is 7.06. The molecular formula is C28H22F3NO5. The van der Waals surface area contributed by atoms with Gasteiger partial charge in [-0.2, -0.15) is 13.2 Å². The second-order valence-corrected chi connectivity index (χ2v) is 8.11. The Balaban J connectivity index is 1.85. The van der Waals surface area contributed by atoms with Crippen molar-refractivity contribution in [3.8, 4) is 11.5 Å². The number of carbonyl (C=O) groups is 2. The van der Waals surface area contributed by atoms with E-state index in [1.54, 1.807) is 36.4 Å². The van der Waals surface area contributed by atoms with Gasteiger partial charge < -0.3 is 14.6 Å². The van der Waals surface area contributed by atoms with Gasteiger partial charge in [-0.25, -0.2) is 0 Å². The number of methoxy groups -OCH3 is 2. The Morgan fingerprint density at radius 2 is 1.65 bits per heavy atom. The van der Waals surface area contributed by atoms with Gasteiger partial charge in [0.15, 0.2) is 23.0 Å². The fraction of sp³-hybridized carbons (Fsp3) is 0.143. The number of hydrogen-bond acceptors (Lipinski definition) is 5. The smallest absolute Gasteiger partial charge is 0.416 e. The first-order chi connectivity index (χ1) is 17.7. The molecule has 37 heavy (non-hydrogen) atoms. The standard InChI is InChI=1S/C28H22F3NO5/c1-36-22-14-12-18(15-23(22)37-2)25-24(21(33)13-11-17-7-4-3-5-8-17)26(34)27(35)32(25)20-10-6-9-19(16-20)28(29,30)31/h3-16,25,34H,1-2H3. The highest BCUT2D eigenvalue weighted by Gasteiger charge is 2.44. The maximum absolute atomic E-state index is 13.4. The van der Waals surface area contributed by atoms with E-state index < -0.39 is 35.2 Å². The number of ether oxygens (including phenoxy) is 2. The van der Waals surface area contributed by atoms with Gasteiger partial charge in [0.25, 0.3) is 5.91 Å². The third kappa shape index (κ3) is 5.06. The predicted molar refractivity (Wildman–Crippen MR) is 131 cm³/mol. The maximum atomic E-state index is 13.4. The molecule has 1 amide bonds. The molecule has 3 aromatic rings. The van der Waals surface area contributed by atoms with Crippen molar-refractivity contribution >= 4 is 23.5 Å². The van der Waals surface area contributed by atoms with Gasteiger partial charge in [-0.1, -0.05) is 48.5 Å². The van der Waals surface area contributed by atoms with Crippen molar-refractivity contribution in [3.05, 3.63) is 107 Å². The van der Waals surface area contributed by atoms with Crippen LogP contribution in [0.4, 0.5) is 18.9 Å². The highest BCUT2D eigenvalue weighted by atomic mass is 19.4. The van der Waals surface area contributed by atoms with E-state index in [-0.39, 0.29) is 17.0 Å². The van der Waals surface area contributed by atoms with Crippen molar-refractivity contribution in [1.82, 2.24) is 0 Å². The molecule has 4 rings (SSSR count). The molecule has 0 spiro atoms. The number of amides is 1. The summed E-state index contributed by atoms with van der Waals surface area (Å²) in [6.07, 6.45) is -1.94. The lowest BCUT2D eigenvalue weighted by Crippen LogP contribution is -2.31. The van der Waals surface area contributed by atoms with Gasteiger partial charge in [-0.15, -0.1) is 0 Å². The summed E-state index contributed by atoms with van der Waals surface area (Å²) in [4.78, 5) is 27.5. The second-order valence-electron chi connectivity index (χ2n) is 8.11. The van der Waals surface area contributed by atoms with Crippen LogP contribution in [0.2, 0.25) is 0 Å². The van der Waals surface area contributed by atoms with Crippen molar-refractivity contribution < 1.29 is 37.3 Å². The van der Waals surface area contributed by atoms with Crippen molar-refractivity contribution in [3.63, 3.8) is 0 Å². The first kappa shape index (κ1) is 25.6. The topological polar surface area (TPSA) is 76.1 Å². The average Bonchev–Trinajstić information content (AvgIpc) is 3.17. The summed E-state index contributed by atoms with van der Waals surface area (Å²) in [7, 11) is 2.83. The van der Waals surface area contributed by atoms with Gasteiger partial charge >= 0.3 is 6.18 Å². The Bertz CT molecular complexity index is 1400.